The number of aromatic nitrogens is 2. The van der Waals surface area contributed by atoms with Crippen LogP contribution in [0.1, 0.15) is 5.56 Å². The standard InChI is InChI=1S/C15H9ClF2N4O2/c16-13-4-3-12(22(23)24)15(21-13)20-7-9-10(17)6-11-8(14(9)18)2-1-5-19-11/h1-6H,7H2,(H,20,21). The van der Waals surface area contributed by atoms with E-state index in [0.29, 0.717) is 0 Å². The van der Waals surface area contributed by atoms with Crippen LogP contribution in [0.4, 0.5) is 20.3 Å². The first-order valence-corrected chi connectivity index (χ1v) is 7.11. The topological polar surface area (TPSA) is 81.0 Å². The smallest absolute Gasteiger partial charge is 0.311 e. The van der Waals surface area contributed by atoms with Gasteiger partial charge in [-0.15, -0.1) is 0 Å². The Kier molecular flexibility index (Phi) is 4.22. The van der Waals surface area contributed by atoms with E-state index in [1.54, 1.807) is 0 Å². The summed E-state index contributed by atoms with van der Waals surface area (Å²) in [5, 5.41) is 13.7. The Bertz CT molecular complexity index is 952. The lowest BCUT2D eigenvalue weighted by atomic mass is 10.1. The van der Waals surface area contributed by atoms with Crippen molar-refractivity contribution >= 4 is 34.0 Å². The fourth-order valence-electron chi connectivity index (χ4n) is 2.23. The van der Waals surface area contributed by atoms with Crippen LogP contribution in [0.15, 0.2) is 36.5 Å². The Morgan fingerprint density at radius 2 is 2.08 bits per heavy atom. The second-order valence-electron chi connectivity index (χ2n) is 4.83. The molecule has 1 N–H and O–H groups in total. The van der Waals surface area contributed by atoms with E-state index in [0.717, 1.165) is 12.1 Å². The quantitative estimate of drug-likeness (QED) is 0.435. The van der Waals surface area contributed by atoms with Crippen molar-refractivity contribution in [3.8, 4) is 0 Å². The molecule has 3 rings (SSSR count). The van der Waals surface area contributed by atoms with Gasteiger partial charge >= 0.3 is 5.69 Å². The molecule has 1 aromatic carbocycles. The van der Waals surface area contributed by atoms with E-state index >= 15 is 0 Å². The summed E-state index contributed by atoms with van der Waals surface area (Å²) >= 11 is 5.71. The first-order chi connectivity index (χ1) is 11.5. The summed E-state index contributed by atoms with van der Waals surface area (Å²) in [5.41, 5.74) is -0.433. The third-order valence-corrected chi connectivity index (χ3v) is 3.57. The number of benzene rings is 1. The zero-order chi connectivity index (χ0) is 17.3. The number of fused-ring (bicyclic) bond motifs is 1. The van der Waals surface area contributed by atoms with E-state index in [1.165, 1.54) is 24.4 Å². The lowest BCUT2D eigenvalue weighted by molar-refractivity contribution is -0.384. The number of anilines is 1. The summed E-state index contributed by atoms with van der Waals surface area (Å²) in [6.07, 6.45) is 1.43. The molecule has 9 heteroatoms. The van der Waals surface area contributed by atoms with Gasteiger partial charge in [0.15, 0.2) is 0 Å². The summed E-state index contributed by atoms with van der Waals surface area (Å²) in [6.45, 7) is -0.337. The molecule has 0 unspecified atom stereocenters. The zero-order valence-corrected chi connectivity index (χ0v) is 12.7. The van der Waals surface area contributed by atoms with E-state index < -0.39 is 16.6 Å². The highest BCUT2D eigenvalue weighted by Crippen LogP contribution is 2.27. The highest BCUT2D eigenvalue weighted by Gasteiger charge is 2.18. The van der Waals surface area contributed by atoms with Gasteiger partial charge in [0.25, 0.3) is 0 Å². The molecule has 0 saturated heterocycles. The van der Waals surface area contributed by atoms with Crippen LogP contribution in [0.25, 0.3) is 10.9 Å². The van der Waals surface area contributed by atoms with Crippen LogP contribution in [0.5, 0.6) is 0 Å². The maximum Gasteiger partial charge on any atom is 0.311 e. The number of nitrogens with zero attached hydrogens (tertiary/aromatic N) is 3. The first kappa shape index (κ1) is 16.0. The van der Waals surface area contributed by atoms with Gasteiger partial charge in [0.2, 0.25) is 5.82 Å². The molecule has 0 saturated carbocycles. The van der Waals surface area contributed by atoms with Crippen LogP contribution < -0.4 is 5.32 Å². The van der Waals surface area contributed by atoms with E-state index in [1.807, 2.05) is 0 Å². The van der Waals surface area contributed by atoms with E-state index in [2.05, 4.69) is 15.3 Å². The molecule has 2 heterocycles. The molecule has 0 atom stereocenters. The molecular formula is C15H9ClF2N4O2. The average Bonchev–Trinajstić information content (AvgIpc) is 2.54. The van der Waals surface area contributed by atoms with Crippen molar-refractivity contribution in [2.45, 2.75) is 6.54 Å². The Balaban J connectivity index is 1.97. The second kappa shape index (κ2) is 6.32. The third kappa shape index (κ3) is 2.95. The summed E-state index contributed by atoms with van der Waals surface area (Å²) in [5.74, 6) is -1.76. The molecule has 24 heavy (non-hydrogen) atoms. The van der Waals surface area contributed by atoms with Gasteiger partial charge in [-0.1, -0.05) is 11.6 Å². The summed E-state index contributed by atoms with van der Waals surface area (Å²) in [4.78, 5) is 18.0. The van der Waals surface area contributed by atoms with Crippen molar-refractivity contribution in [3.05, 3.63) is 69.0 Å². The minimum atomic E-state index is -0.809. The van der Waals surface area contributed by atoms with E-state index in [9.17, 15) is 18.9 Å². The number of hydrogen-bond acceptors (Lipinski definition) is 5. The van der Waals surface area contributed by atoms with Gasteiger partial charge in [-0.2, -0.15) is 0 Å². The SMILES string of the molecule is O=[N+]([O-])c1ccc(Cl)nc1NCc1c(F)cc2ncccc2c1F. The van der Waals surface area contributed by atoms with E-state index in [4.69, 9.17) is 11.6 Å². The lowest BCUT2D eigenvalue weighted by Crippen LogP contribution is -2.08. The fourth-order valence-corrected chi connectivity index (χ4v) is 2.38. The molecule has 122 valence electrons. The van der Waals surface area contributed by atoms with Crippen LogP contribution >= 0.6 is 11.6 Å². The molecule has 3 aromatic rings. The Morgan fingerprint density at radius 3 is 2.83 bits per heavy atom. The molecule has 6 nitrogen and oxygen atoms in total. The highest BCUT2D eigenvalue weighted by molar-refractivity contribution is 6.29. The second-order valence-corrected chi connectivity index (χ2v) is 5.22. The average molecular weight is 351 g/mol. The number of rotatable bonds is 4. The number of nitrogens with one attached hydrogen (secondary N) is 1. The van der Waals surface area contributed by atoms with Gasteiger partial charge in [-0.05, 0) is 18.2 Å². The normalized spacial score (nSPS) is 10.8. The maximum absolute atomic E-state index is 14.5. The van der Waals surface area contributed by atoms with Gasteiger partial charge in [0.05, 0.1) is 10.4 Å². The molecule has 0 fully saturated rings. The van der Waals surface area contributed by atoms with Gasteiger partial charge < -0.3 is 5.32 Å². The third-order valence-electron chi connectivity index (χ3n) is 3.36. The molecule has 2 aromatic heterocycles. The first-order valence-electron chi connectivity index (χ1n) is 6.74. The van der Waals surface area contributed by atoms with Gasteiger partial charge in [-0.25, -0.2) is 13.8 Å². The van der Waals surface area contributed by atoms with Gasteiger partial charge in [0.1, 0.15) is 16.8 Å². The van der Waals surface area contributed by atoms with Gasteiger partial charge in [0, 0.05) is 35.8 Å². The molecule has 0 bridgehead atoms. The monoisotopic (exact) mass is 350 g/mol. The minimum Gasteiger partial charge on any atom is -0.360 e. The van der Waals surface area contributed by atoms with Crippen molar-refractivity contribution in [1.29, 1.82) is 0 Å². The Hall–Kier alpha value is -2.87. The van der Waals surface area contributed by atoms with Crippen LogP contribution in [-0.2, 0) is 6.54 Å². The van der Waals surface area contributed by atoms with Crippen LogP contribution in [0, 0.1) is 21.7 Å². The number of halogens is 3. The predicted molar refractivity (Wildman–Crippen MR) is 84.9 cm³/mol. The highest BCUT2D eigenvalue weighted by atomic mass is 35.5. The molecule has 0 aliphatic heterocycles. The molecule has 0 aliphatic carbocycles. The van der Waals surface area contributed by atoms with Crippen molar-refractivity contribution in [3.63, 3.8) is 0 Å². The maximum atomic E-state index is 14.5. The number of nitro groups is 1. The van der Waals surface area contributed by atoms with E-state index in [-0.39, 0.29) is 39.7 Å². The summed E-state index contributed by atoms with van der Waals surface area (Å²) in [7, 11) is 0. The predicted octanol–water partition coefficient (Wildman–Crippen LogP) is 4.08. The Morgan fingerprint density at radius 1 is 1.29 bits per heavy atom. The number of pyridine rings is 2. The number of hydrogen-bond donors (Lipinski definition) is 1. The van der Waals surface area contributed by atoms with Crippen LogP contribution in [-0.4, -0.2) is 14.9 Å². The minimum absolute atomic E-state index is 0.0201. The molecule has 0 aliphatic rings. The van der Waals surface area contributed by atoms with Crippen molar-refractivity contribution in [2.24, 2.45) is 0 Å². The van der Waals surface area contributed by atoms with Crippen LogP contribution in [0.3, 0.4) is 0 Å². The summed E-state index contributed by atoms with van der Waals surface area (Å²) < 4.78 is 28.6. The Labute approximate surface area is 139 Å². The van der Waals surface area contributed by atoms with Crippen LogP contribution in [0.2, 0.25) is 5.15 Å². The zero-order valence-electron chi connectivity index (χ0n) is 12.0. The molecule has 0 spiro atoms. The lowest BCUT2D eigenvalue weighted by Gasteiger charge is -2.10. The van der Waals surface area contributed by atoms with Crippen molar-refractivity contribution < 1.29 is 13.7 Å². The van der Waals surface area contributed by atoms with Crippen molar-refractivity contribution in [2.75, 3.05) is 5.32 Å². The fraction of sp³-hybridized carbons (Fsp3) is 0.0667. The van der Waals surface area contributed by atoms with Gasteiger partial charge in [-0.3, -0.25) is 15.1 Å². The summed E-state index contributed by atoms with van der Waals surface area (Å²) in [6, 6.07) is 6.53. The largest absolute Gasteiger partial charge is 0.360 e. The molecular weight excluding hydrogens is 342 g/mol. The van der Waals surface area contributed by atoms with Crippen molar-refractivity contribution in [1.82, 2.24) is 9.97 Å². The molecule has 0 amide bonds. The molecule has 0 radical (unpaired) electrons.